The predicted octanol–water partition coefficient (Wildman–Crippen LogP) is 3.95. The molecule has 1 amide bonds. The number of hydrogen-bond acceptors (Lipinski definition) is 4. The van der Waals surface area contributed by atoms with Crippen molar-refractivity contribution in [3.8, 4) is 0 Å². The van der Waals surface area contributed by atoms with E-state index >= 15 is 0 Å². The van der Waals surface area contributed by atoms with E-state index in [0.717, 1.165) is 30.3 Å². The molecule has 1 saturated heterocycles. The molecule has 4 rings (SSSR count). The number of rotatable bonds is 4. The molecule has 0 saturated carbocycles. The Morgan fingerprint density at radius 2 is 1.62 bits per heavy atom. The third-order valence-corrected chi connectivity index (χ3v) is 5.24. The van der Waals surface area contributed by atoms with Crippen molar-refractivity contribution >= 4 is 23.1 Å². The lowest BCUT2D eigenvalue weighted by molar-refractivity contribution is 0.0746. The van der Waals surface area contributed by atoms with Crippen molar-refractivity contribution in [1.29, 1.82) is 0 Å². The molecule has 0 aliphatic carbocycles. The fourth-order valence-corrected chi connectivity index (χ4v) is 3.50. The highest BCUT2D eigenvalue weighted by Gasteiger charge is 2.22. The summed E-state index contributed by atoms with van der Waals surface area (Å²) in [6, 6.07) is 20.2. The summed E-state index contributed by atoms with van der Waals surface area (Å²) < 4.78 is 13.1. The van der Waals surface area contributed by atoms with Crippen molar-refractivity contribution in [1.82, 2.24) is 9.88 Å². The normalized spacial score (nSPS) is 14.0. The molecule has 1 aromatic heterocycles. The van der Waals surface area contributed by atoms with E-state index in [1.807, 2.05) is 59.3 Å². The van der Waals surface area contributed by atoms with Crippen LogP contribution >= 0.6 is 0 Å². The van der Waals surface area contributed by atoms with Crippen molar-refractivity contribution in [2.45, 2.75) is 0 Å². The number of pyridine rings is 1. The molecule has 1 aliphatic heterocycles. The van der Waals surface area contributed by atoms with Gasteiger partial charge in [0.05, 0.1) is 5.56 Å². The fourth-order valence-electron chi connectivity index (χ4n) is 3.50. The first kappa shape index (κ1) is 18.9. The standard InChI is InChI=1S/C23H23FN4O/c1-26(20-5-3-2-4-6-20)22-12-7-18(17-25-22)23(29)28-15-13-27(14-16-28)21-10-8-19(24)9-11-21/h2-12,17H,13-16H2,1H3. The SMILES string of the molecule is CN(c1ccccc1)c1ccc(C(=O)N2CCN(c3ccc(F)cc3)CC2)cn1. The van der Waals surface area contributed by atoms with Crippen molar-refractivity contribution in [2.24, 2.45) is 0 Å². The summed E-state index contributed by atoms with van der Waals surface area (Å²) in [4.78, 5) is 23.3. The van der Waals surface area contributed by atoms with Crippen LogP contribution in [-0.2, 0) is 0 Å². The number of anilines is 3. The smallest absolute Gasteiger partial charge is 0.255 e. The molecule has 3 aromatic rings. The lowest BCUT2D eigenvalue weighted by atomic mass is 10.2. The van der Waals surface area contributed by atoms with Gasteiger partial charge in [0.25, 0.3) is 5.91 Å². The topological polar surface area (TPSA) is 39.7 Å². The van der Waals surface area contributed by atoms with Crippen molar-refractivity contribution < 1.29 is 9.18 Å². The second kappa shape index (κ2) is 8.31. The Bertz CT molecular complexity index is 952. The summed E-state index contributed by atoms with van der Waals surface area (Å²) in [5, 5.41) is 0. The summed E-state index contributed by atoms with van der Waals surface area (Å²) in [5.74, 6) is 0.537. The highest BCUT2D eigenvalue weighted by molar-refractivity contribution is 5.94. The molecule has 6 heteroatoms. The van der Waals surface area contributed by atoms with Gasteiger partial charge in [0.15, 0.2) is 0 Å². The van der Waals surface area contributed by atoms with Crippen molar-refractivity contribution in [2.75, 3.05) is 43.0 Å². The average molecular weight is 390 g/mol. The maximum atomic E-state index is 13.1. The Morgan fingerprint density at radius 1 is 0.931 bits per heavy atom. The number of nitrogens with zero attached hydrogens (tertiary/aromatic N) is 4. The summed E-state index contributed by atoms with van der Waals surface area (Å²) in [5.41, 5.74) is 2.61. The molecule has 0 bridgehead atoms. The van der Waals surface area contributed by atoms with Crippen LogP contribution in [0.4, 0.5) is 21.6 Å². The van der Waals surface area contributed by atoms with E-state index in [-0.39, 0.29) is 11.7 Å². The third-order valence-electron chi connectivity index (χ3n) is 5.24. The molecule has 29 heavy (non-hydrogen) atoms. The lowest BCUT2D eigenvalue weighted by Gasteiger charge is -2.36. The van der Waals surface area contributed by atoms with Gasteiger partial charge in [-0.25, -0.2) is 9.37 Å². The lowest BCUT2D eigenvalue weighted by Crippen LogP contribution is -2.48. The number of para-hydroxylation sites is 1. The minimum atomic E-state index is -0.239. The van der Waals surface area contributed by atoms with Crippen molar-refractivity contribution in [3.05, 3.63) is 84.3 Å². The zero-order valence-electron chi connectivity index (χ0n) is 16.3. The molecule has 0 N–H and O–H groups in total. The molecule has 0 spiro atoms. The van der Waals surface area contributed by atoms with Crippen LogP contribution < -0.4 is 9.80 Å². The Labute approximate surface area is 170 Å². The molecule has 0 unspecified atom stereocenters. The maximum Gasteiger partial charge on any atom is 0.255 e. The minimum Gasteiger partial charge on any atom is -0.368 e. The van der Waals surface area contributed by atoms with Gasteiger partial charge in [-0.15, -0.1) is 0 Å². The van der Waals surface area contributed by atoms with E-state index in [1.54, 1.807) is 18.3 Å². The van der Waals surface area contributed by atoms with Gasteiger partial charge in [-0.1, -0.05) is 18.2 Å². The second-order valence-corrected chi connectivity index (χ2v) is 7.06. The maximum absolute atomic E-state index is 13.1. The molecule has 5 nitrogen and oxygen atoms in total. The van der Waals surface area contributed by atoms with Gasteiger partial charge >= 0.3 is 0 Å². The predicted molar refractivity (Wildman–Crippen MR) is 113 cm³/mol. The average Bonchev–Trinajstić information content (AvgIpc) is 2.79. The molecule has 2 heterocycles. The Morgan fingerprint density at radius 3 is 2.24 bits per heavy atom. The van der Waals surface area contributed by atoms with Crippen LogP contribution in [0.1, 0.15) is 10.4 Å². The van der Waals surface area contributed by atoms with Gasteiger partial charge in [0.2, 0.25) is 0 Å². The number of halogens is 1. The Balaban J connectivity index is 1.38. The van der Waals surface area contributed by atoms with E-state index in [0.29, 0.717) is 18.7 Å². The number of carbonyl (C=O) groups is 1. The van der Waals surface area contributed by atoms with Gasteiger partial charge < -0.3 is 14.7 Å². The monoisotopic (exact) mass is 390 g/mol. The first-order chi connectivity index (χ1) is 14.1. The molecule has 2 aromatic carbocycles. The third kappa shape index (κ3) is 4.21. The largest absolute Gasteiger partial charge is 0.368 e. The van der Waals surface area contributed by atoms with Gasteiger partial charge in [-0.05, 0) is 48.5 Å². The molecule has 1 aliphatic rings. The summed E-state index contributed by atoms with van der Waals surface area (Å²) in [6.45, 7) is 2.70. The highest BCUT2D eigenvalue weighted by atomic mass is 19.1. The highest BCUT2D eigenvalue weighted by Crippen LogP contribution is 2.22. The first-order valence-electron chi connectivity index (χ1n) is 9.66. The number of aromatic nitrogens is 1. The molecule has 148 valence electrons. The van der Waals surface area contributed by atoms with E-state index < -0.39 is 0 Å². The summed E-state index contributed by atoms with van der Waals surface area (Å²) in [6.07, 6.45) is 1.64. The molecular formula is C23H23FN4O. The van der Waals surface area contributed by atoms with Crippen LogP contribution in [-0.4, -0.2) is 49.0 Å². The number of benzene rings is 2. The zero-order valence-corrected chi connectivity index (χ0v) is 16.3. The minimum absolute atomic E-state index is 0.00910. The zero-order chi connectivity index (χ0) is 20.2. The number of carbonyl (C=O) groups excluding carboxylic acids is 1. The molecule has 0 radical (unpaired) electrons. The van der Waals surface area contributed by atoms with E-state index in [2.05, 4.69) is 9.88 Å². The molecule has 1 fully saturated rings. The van der Waals surface area contributed by atoms with Gasteiger partial charge in [0.1, 0.15) is 11.6 Å². The van der Waals surface area contributed by atoms with Gasteiger partial charge in [-0.3, -0.25) is 4.79 Å². The first-order valence-corrected chi connectivity index (χ1v) is 9.66. The Hall–Kier alpha value is -3.41. The van der Waals surface area contributed by atoms with Crippen molar-refractivity contribution in [3.63, 3.8) is 0 Å². The van der Waals surface area contributed by atoms with Crippen LogP contribution in [0.2, 0.25) is 0 Å². The molecule has 0 atom stereocenters. The van der Waals surface area contributed by atoms with E-state index in [9.17, 15) is 9.18 Å². The quantitative estimate of drug-likeness (QED) is 0.676. The summed E-state index contributed by atoms with van der Waals surface area (Å²) in [7, 11) is 1.95. The van der Waals surface area contributed by atoms with Crippen LogP contribution in [0.5, 0.6) is 0 Å². The fraction of sp³-hybridized carbons (Fsp3) is 0.217. The van der Waals surface area contributed by atoms with Crippen LogP contribution in [0.3, 0.4) is 0 Å². The van der Waals surface area contributed by atoms with E-state index in [4.69, 9.17) is 0 Å². The molecular weight excluding hydrogens is 367 g/mol. The van der Waals surface area contributed by atoms with Crippen LogP contribution in [0, 0.1) is 5.82 Å². The van der Waals surface area contributed by atoms with Gasteiger partial charge in [0, 0.05) is 50.8 Å². The number of hydrogen-bond donors (Lipinski definition) is 0. The number of piperazine rings is 1. The summed E-state index contributed by atoms with van der Waals surface area (Å²) >= 11 is 0. The Kier molecular flexibility index (Phi) is 5.42. The van der Waals surface area contributed by atoms with Gasteiger partial charge in [-0.2, -0.15) is 0 Å². The van der Waals surface area contributed by atoms with E-state index in [1.165, 1.54) is 12.1 Å². The number of amides is 1. The van der Waals surface area contributed by atoms with Crippen LogP contribution in [0.25, 0.3) is 0 Å². The second-order valence-electron chi connectivity index (χ2n) is 7.06. The van der Waals surface area contributed by atoms with Crippen LogP contribution in [0.15, 0.2) is 72.9 Å².